The van der Waals surface area contributed by atoms with Crippen LogP contribution in [0.25, 0.3) is 6.08 Å². The van der Waals surface area contributed by atoms with Gasteiger partial charge in [-0.2, -0.15) is 0 Å². The maximum Gasteiger partial charge on any atom is 0.342 e. The summed E-state index contributed by atoms with van der Waals surface area (Å²) in [6, 6.07) is 12.3. The lowest BCUT2D eigenvalue weighted by Gasteiger charge is -2.09. The van der Waals surface area contributed by atoms with E-state index in [2.05, 4.69) is 6.58 Å². The van der Waals surface area contributed by atoms with E-state index in [0.717, 1.165) is 11.1 Å². The number of phenolic OH excluding ortho intramolecular Hbond substituents is 1. The van der Waals surface area contributed by atoms with Crippen LogP contribution in [0.1, 0.15) is 28.4 Å². The average Bonchev–Trinajstić information content (AvgIpc) is 2.54. The van der Waals surface area contributed by atoms with E-state index in [0.29, 0.717) is 12.4 Å². The summed E-state index contributed by atoms with van der Waals surface area (Å²) in [6.07, 6.45) is 1.77. The molecule has 22 heavy (non-hydrogen) atoms. The third kappa shape index (κ3) is 3.88. The first-order valence-corrected chi connectivity index (χ1v) is 6.98. The Bertz CT molecular complexity index is 659. The van der Waals surface area contributed by atoms with Crippen LogP contribution in [0, 0.1) is 0 Å². The van der Waals surface area contributed by atoms with E-state index in [-0.39, 0.29) is 17.9 Å². The fourth-order valence-corrected chi connectivity index (χ4v) is 1.89. The standard InChI is InChI=1S/C18H18O4/c1-3-13-5-7-14(8-6-13)12-22-15-9-10-17(19)16(11-15)18(20)21-4-2/h3,5-11,19H,1,4,12H2,2H3. The Morgan fingerprint density at radius 1 is 1.23 bits per heavy atom. The second-order valence-corrected chi connectivity index (χ2v) is 4.63. The van der Waals surface area contributed by atoms with Crippen molar-refractivity contribution in [2.45, 2.75) is 13.5 Å². The average molecular weight is 298 g/mol. The highest BCUT2D eigenvalue weighted by Gasteiger charge is 2.13. The van der Waals surface area contributed by atoms with Crippen molar-refractivity contribution >= 4 is 12.0 Å². The van der Waals surface area contributed by atoms with Gasteiger partial charge in [0.2, 0.25) is 0 Å². The molecule has 0 aliphatic carbocycles. The summed E-state index contributed by atoms with van der Waals surface area (Å²) in [5, 5.41) is 9.71. The number of phenols is 1. The molecule has 0 saturated heterocycles. The second kappa shape index (κ2) is 7.31. The van der Waals surface area contributed by atoms with E-state index in [9.17, 15) is 9.90 Å². The van der Waals surface area contributed by atoms with Gasteiger partial charge in [0.25, 0.3) is 0 Å². The van der Waals surface area contributed by atoms with Gasteiger partial charge in [-0.15, -0.1) is 0 Å². The van der Waals surface area contributed by atoms with Crippen molar-refractivity contribution < 1.29 is 19.4 Å². The van der Waals surface area contributed by atoms with Gasteiger partial charge in [0.05, 0.1) is 6.61 Å². The Morgan fingerprint density at radius 3 is 2.59 bits per heavy atom. The summed E-state index contributed by atoms with van der Waals surface area (Å²) in [5.41, 5.74) is 2.13. The first-order valence-electron chi connectivity index (χ1n) is 6.98. The summed E-state index contributed by atoms with van der Waals surface area (Å²) in [7, 11) is 0. The van der Waals surface area contributed by atoms with Crippen molar-refractivity contribution in [1.29, 1.82) is 0 Å². The van der Waals surface area contributed by atoms with Crippen LogP contribution >= 0.6 is 0 Å². The Labute approximate surface area is 129 Å². The smallest absolute Gasteiger partial charge is 0.342 e. The van der Waals surface area contributed by atoms with Crippen molar-refractivity contribution in [3.8, 4) is 11.5 Å². The molecule has 0 atom stereocenters. The van der Waals surface area contributed by atoms with E-state index in [1.54, 1.807) is 19.1 Å². The molecule has 0 spiro atoms. The van der Waals surface area contributed by atoms with Crippen LogP contribution in [0.15, 0.2) is 49.0 Å². The van der Waals surface area contributed by atoms with Crippen molar-refractivity contribution in [2.24, 2.45) is 0 Å². The third-order valence-electron chi connectivity index (χ3n) is 3.08. The van der Waals surface area contributed by atoms with E-state index in [4.69, 9.17) is 9.47 Å². The van der Waals surface area contributed by atoms with Crippen molar-refractivity contribution in [2.75, 3.05) is 6.61 Å². The molecule has 0 aliphatic rings. The molecule has 0 saturated carbocycles. The number of carbonyl (C=O) groups excluding carboxylic acids is 1. The molecular weight excluding hydrogens is 280 g/mol. The molecular formula is C18H18O4. The number of hydrogen-bond donors (Lipinski definition) is 1. The predicted octanol–water partition coefficient (Wildman–Crippen LogP) is 3.79. The highest BCUT2D eigenvalue weighted by molar-refractivity contribution is 5.92. The lowest BCUT2D eigenvalue weighted by Crippen LogP contribution is -2.05. The third-order valence-corrected chi connectivity index (χ3v) is 3.08. The number of carbonyl (C=O) groups is 1. The fraction of sp³-hybridized carbons (Fsp3) is 0.167. The molecule has 2 aromatic rings. The molecule has 0 bridgehead atoms. The minimum atomic E-state index is -0.569. The molecule has 0 aromatic heterocycles. The van der Waals surface area contributed by atoms with Crippen LogP contribution in [-0.4, -0.2) is 17.7 Å². The number of ether oxygens (including phenoxy) is 2. The molecule has 0 fully saturated rings. The molecule has 1 N–H and O–H groups in total. The molecule has 4 nitrogen and oxygen atoms in total. The Balaban J connectivity index is 2.07. The van der Waals surface area contributed by atoms with Gasteiger partial charge in [-0.05, 0) is 36.2 Å². The summed E-state index contributed by atoms with van der Waals surface area (Å²) in [6.45, 7) is 6.03. The first kappa shape index (κ1) is 15.6. The maximum atomic E-state index is 11.7. The monoisotopic (exact) mass is 298 g/mol. The van der Waals surface area contributed by atoms with Crippen LogP contribution in [0.3, 0.4) is 0 Å². The van der Waals surface area contributed by atoms with E-state index < -0.39 is 5.97 Å². The zero-order valence-corrected chi connectivity index (χ0v) is 12.4. The normalized spacial score (nSPS) is 10.0. The first-order chi connectivity index (χ1) is 10.6. The summed E-state index contributed by atoms with van der Waals surface area (Å²) in [5.74, 6) is -0.199. The molecule has 0 radical (unpaired) electrons. The Kier molecular flexibility index (Phi) is 5.20. The summed E-state index contributed by atoms with van der Waals surface area (Å²) in [4.78, 5) is 11.7. The molecule has 0 unspecified atom stereocenters. The Hall–Kier alpha value is -2.75. The number of aromatic hydroxyl groups is 1. The minimum Gasteiger partial charge on any atom is -0.507 e. The molecule has 114 valence electrons. The van der Waals surface area contributed by atoms with Gasteiger partial charge in [0, 0.05) is 0 Å². The molecule has 4 heteroatoms. The quantitative estimate of drug-likeness (QED) is 0.824. The van der Waals surface area contributed by atoms with Gasteiger partial charge in [-0.25, -0.2) is 4.79 Å². The predicted molar refractivity (Wildman–Crippen MR) is 84.9 cm³/mol. The summed E-state index contributed by atoms with van der Waals surface area (Å²) >= 11 is 0. The minimum absolute atomic E-state index is 0.0985. The van der Waals surface area contributed by atoms with E-state index >= 15 is 0 Å². The van der Waals surface area contributed by atoms with Crippen molar-refractivity contribution in [3.63, 3.8) is 0 Å². The number of hydrogen-bond acceptors (Lipinski definition) is 4. The van der Waals surface area contributed by atoms with Gasteiger partial charge in [0.15, 0.2) is 0 Å². The van der Waals surface area contributed by atoms with Gasteiger partial charge in [-0.1, -0.05) is 36.9 Å². The number of benzene rings is 2. The SMILES string of the molecule is C=Cc1ccc(COc2ccc(O)c(C(=O)OCC)c2)cc1. The van der Waals surface area contributed by atoms with E-state index in [1.165, 1.54) is 12.1 Å². The second-order valence-electron chi connectivity index (χ2n) is 4.63. The molecule has 0 heterocycles. The highest BCUT2D eigenvalue weighted by atomic mass is 16.5. The van der Waals surface area contributed by atoms with Gasteiger partial charge < -0.3 is 14.6 Å². The molecule has 2 rings (SSSR count). The molecule has 2 aromatic carbocycles. The number of esters is 1. The zero-order chi connectivity index (χ0) is 15.9. The fourth-order valence-electron chi connectivity index (χ4n) is 1.89. The van der Waals surface area contributed by atoms with Crippen LogP contribution in [-0.2, 0) is 11.3 Å². The molecule has 0 aliphatic heterocycles. The number of rotatable bonds is 6. The van der Waals surface area contributed by atoms with Crippen molar-refractivity contribution in [3.05, 3.63) is 65.7 Å². The highest BCUT2D eigenvalue weighted by Crippen LogP contribution is 2.24. The van der Waals surface area contributed by atoms with Gasteiger partial charge >= 0.3 is 5.97 Å². The van der Waals surface area contributed by atoms with E-state index in [1.807, 2.05) is 24.3 Å². The topological polar surface area (TPSA) is 55.8 Å². The van der Waals surface area contributed by atoms with Crippen molar-refractivity contribution in [1.82, 2.24) is 0 Å². The van der Waals surface area contributed by atoms with Crippen LogP contribution < -0.4 is 4.74 Å². The lowest BCUT2D eigenvalue weighted by molar-refractivity contribution is 0.0522. The Morgan fingerprint density at radius 2 is 1.95 bits per heavy atom. The van der Waals surface area contributed by atoms with Crippen LogP contribution in [0.4, 0.5) is 0 Å². The molecule has 0 amide bonds. The zero-order valence-electron chi connectivity index (χ0n) is 12.4. The lowest BCUT2D eigenvalue weighted by atomic mass is 10.1. The largest absolute Gasteiger partial charge is 0.507 e. The van der Waals surface area contributed by atoms with Gasteiger partial charge in [0.1, 0.15) is 23.7 Å². The summed E-state index contributed by atoms with van der Waals surface area (Å²) < 4.78 is 10.5. The maximum absolute atomic E-state index is 11.7. The van der Waals surface area contributed by atoms with Crippen LogP contribution in [0.5, 0.6) is 11.5 Å². The van der Waals surface area contributed by atoms with Gasteiger partial charge in [-0.3, -0.25) is 0 Å². The van der Waals surface area contributed by atoms with Crippen LogP contribution in [0.2, 0.25) is 0 Å².